The molecule has 0 spiro atoms. The SMILES string of the molecule is COc1ccc(-c2nnc(SC(C(=O)Nc3cccc(OC)c3)c3ccccc3)o2)cc1. The van der Waals surface area contributed by atoms with Gasteiger partial charge in [-0.25, -0.2) is 0 Å². The van der Waals surface area contributed by atoms with Crippen LogP contribution in [0.4, 0.5) is 5.69 Å². The molecular weight excluding hydrogens is 426 g/mol. The molecule has 0 saturated heterocycles. The third-order valence-corrected chi connectivity index (χ3v) is 5.73. The van der Waals surface area contributed by atoms with Gasteiger partial charge in [-0.05, 0) is 53.7 Å². The van der Waals surface area contributed by atoms with E-state index in [1.807, 2.05) is 72.8 Å². The lowest BCUT2D eigenvalue weighted by Gasteiger charge is -2.15. The average molecular weight is 448 g/mol. The highest BCUT2D eigenvalue weighted by atomic mass is 32.2. The number of aromatic nitrogens is 2. The number of benzene rings is 3. The Bertz CT molecular complexity index is 1180. The zero-order chi connectivity index (χ0) is 22.3. The fourth-order valence-electron chi connectivity index (χ4n) is 3.02. The number of amides is 1. The van der Waals surface area contributed by atoms with Crippen molar-refractivity contribution in [2.75, 3.05) is 19.5 Å². The molecule has 32 heavy (non-hydrogen) atoms. The van der Waals surface area contributed by atoms with Crippen molar-refractivity contribution < 1.29 is 18.7 Å². The molecular formula is C24H21N3O4S. The minimum Gasteiger partial charge on any atom is -0.497 e. The van der Waals surface area contributed by atoms with Crippen LogP contribution in [0.3, 0.4) is 0 Å². The van der Waals surface area contributed by atoms with Gasteiger partial charge in [0.2, 0.25) is 11.8 Å². The second kappa shape index (κ2) is 10.0. The average Bonchev–Trinajstić information content (AvgIpc) is 3.32. The van der Waals surface area contributed by atoms with Crippen LogP contribution in [0, 0.1) is 0 Å². The van der Waals surface area contributed by atoms with Crippen molar-refractivity contribution in [2.24, 2.45) is 0 Å². The predicted molar refractivity (Wildman–Crippen MR) is 123 cm³/mol. The number of methoxy groups -OCH3 is 2. The van der Waals surface area contributed by atoms with Crippen LogP contribution in [0.1, 0.15) is 10.8 Å². The molecule has 1 heterocycles. The second-order valence-electron chi connectivity index (χ2n) is 6.73. The lowest BCUT2D eigenvalue weighted by molar-refractivity contribution is -0.115. The van der Waals surface area contributed by atoms with E-state index in [4.69, 9.17) is 13.9 Å². The Morgan fingerprint density at radius 3 is 2.38 bits per heavy atom. The van der Waals surface area contributed by atoms with Gasteiger partial charge >= 0.3 is 0 Å². The van der Waals surface area contributed by atoms with E-state index in [0.717, 1.165) is 16.9 Å². The van der Waals surface area contributed by atoms with Crippen LogP contribution in [-0.4, -0.2) is 30.3 Å². The molecule has 7 nitrogen and oxygen atoms in total. The van der Waals surface area contributed by atoms with E-state index in [9.17, 15) is 4.79 Å². The van der Waals surface area contributed by atoms with E-state index in [0.29, 0.717) is 22.6 Å². The lowest BCUT2D eigenvalue weighted by atomic mass is 10.1. The molecule has 0 fully saturated rings. The predicted octanol–water partition coefficient (Wildman–Crippen LogP) is 5.23. The number of carbonyl (C=O) groups excluding carboxylic acids is 1. The molecule has 4 aromatic rings. The minimum atomic E-state index is -0.591. The molecule has 0 aliphatic rings. The summed E-state index contributed by atoms with van der Waals surface area (Å²) in [5, 5.41) is 10.9. The summed E-state index contributed by atoms with van der Waals surface area (Å²) in [6, 6.07) is 24.0. The second-order valence-corrected chi connectivity index (χ2v) is 7.79. The number of nitrogens with zero attached hydrogens (tertiary/aromatic N) is 2. The zero-order valence-corrected chi connectivity index (χ0v) is 18.3. The van der Waals surface area contributed by atoms with E-state index in [-0.39, 0.29) is 5.91 Å². The summed E-state index contributed by atoms with van der Waals surface area (Å²) in [6.45, 7) is 0. The lowest BCUT2D eigenvalue weighted by Crippen LogP contribution is -2.19. The first-order valence-electron chi connectivity index (χ1n) is 9.80. The standard InChI is InChI=1S/C24H21N3O4S/c1-29-19-13-11-17(12-14-19)23-26-27-24(31-23)32-21(16-7-4-3-5-8-16)22(28)25-18-9-6-10-20(15-18)30-2/h3-15,21H,1-2H3,(H,25,28). The highest BCUT2D eigenvalue weighted by Gasteiger charge is 2.25. The summed E-state index contributed by atoms with van der Waals surface area (Å²) in [5.74, 6) is 1.56. The van der Waals surface area contributed by atoms with E-state index < -0.39 is 5.25 Å². The quantitative estimate of drug-likeness (QED) is 0.370. The van der Waals surface area contributed by atoms with E-state index in [2.05, 4.69) is 15.5 Å². The van der Waals surface area contributed by atoms with Crippen LogP contribution in [0.2, 0.25) is 0 Å². The third-order valence-electron chi connectivity index (χ3n) is 4.64. The number of thioether (sulfide) groups is 1. The Hall–Kier alpha value is -3.78. The third kappa shape index (κ3) is 5.09. The van der Waals surface area contributed by atoms with Crippen molar-refractivity contribution in [3.63, 3.8) is 0 Å². The Morgan fingerprint density at radius 2 is 1.66 bits per heavy atom. The molecule has 1 amide bonds. The van der Waals surface area contributed by atoms with Crippen LogP contribution in [-0.2, 0) is 4.79 Å². The van der Waals surface area contributed by atoms with E-state index in [1.54, 1.807) is 20.3 Å². The monoisotopic (exact) mass is 447 g/mol. The molecule has 8 heteroatoms. The highest BCUT2D eigenvalue weighted by Crippen LogP contribution is 2.37. The van der Waals surface area contributed by atoms with Gasteiger partial charge in [-0.2, -0.15) is 0 Å². The fourth-order valence-corrected chi connectivity index (χ4v) is 3.89. The van der Waals surface area contributed by atoms with Crippen LogP contribution in [0.15, 0.2) is 88.5 Å². The number of nitrogens with one attached hydrogen (secondary N) is 1. The molecule has 162 valence electrons. The zero-order valence-electron chi connectivity index (χ0n) is 17.5. The summed E-state index contributed by atoms with van der Waals surface area (Å²) in [5.41, 5.74) is 2.23. The van der Waals surface area contributed by atoms with Crippen LogP contribution in [0.5, 0.6) is 11.5 Å². The van der Waals surface area contributed by atoms with Gasteiger partial charge < -0.3 is 19.2 Å². The number of hydrogen-bond donors (Lipinski definition) is 1. The normalized spacial score (nSPS) is 11.6. The largest absolute Gasteiger partial charge is 0.497 e. The maximum atomic E-state index is 13.2. The molecule has 4 rings (SSSR count). The first kappa shape index (κ1) is 21.5. The number of hydrogen-bond acceptors (Lipinski definition) is 7. The molecule has 3 aromatic carbocycles. The summed E-state index contributed by atoms with van der Waals surface area (Å²) in [6.07, 6.45) is 0. The van der Waals surface area contributed by atoms with Gasteiger partial charge in [0.1, 0.15) is 16.7 Å². The van der Waals surface area contributed by atoms with Crippen LogP contribution in [0.25, 0.3) is 11.5 Å². The van der Waals surface area contributed by atoms with Crippen molar-refractivity contribution in [1.29, 1.82) is 0 Å². The summed E-state index contributed by atoms with van der Waals surface area (Å²) in [4.78, 5) is 13.2. The van der Waals surface area contributed by atoms with Crippen molar-refractivity contribution in [3.8, 4) is 23.0 Å². The maximum absolute atomic E-state index is 13.2. The number of rotatable bonds is 8. The van der Waals surface area contributed by atoms with Gasteiger partial charge in [0.25, 0.3) is 5.22 Å². The Morgan fingerprint density at radius 1 is 0.906 bits per heavy atom. The van der Waals surface area contributed by atoms with Crippen molar-refractivity contribution in [2.45, 2.75) is 10.5 Å². The van der Waals surface area contributed by atoms with Gasteiger partial charge in [0.05, 0.1) is 14.2 Å². The molecule has 0 radical (unpaired) electrons. The summed E-state index contributed by atoms with van der Waals surface area (Å²) in [7, 11) is 3.19. The topological polar surface area (TPSA) is 86.5 Å². The molecule has 1 N–H and O–H groups in total. The molecule has 0 saturated carbocycles. The highest BCUT2D eigenvalue weighted by molar-refractivity contribution is 8.00. The first-order valence-corrected chi connectivity index (χ1v) is 10.7. The van der Waals surface area contributed by atoms with Gasteiger partial charge in [-0.1, -0.05) is 36.4 Å². The molecule has 0 bridgehead atoms. The summed E-state index contributed by atoms with van der Waals surface area (Å²) >= 11 is 1.19. The fraction of sp³-hybridized carbons (Fsp3) is 0.125. The number of carbonyl (C=O) groups is 1. The van der Waals surface area contributed by atoms with Gasteiger partial charge in [0, 0.05) is 17.3 Å². The van der Waals surface area contributed by atoms with E-state index >= 15 is 0 Å². The van der Waals surface area contributed by atoms with Gasteiger partial charge in [0.15, 0.2) is 0 Å². The molecule has 1 unspecified atom stereocenters. The van der Waals surface area contributed by atoms with Crippen molar-refractivity contribution in [1.82, 2.24) is 10.2 Å². The van der Waals surface area contributed by atoms with E-state index in [1.165, 1.54) is 11.8 Å². The molecule has 0 aliphatic carbocycles. The van der Waals surface area contributed by atoms with Crippen molar-refractivity contribution >= 4 is 23.4 Å². The Labute approximate surface area is 189 Å². The molecule has 1 atom stereocenters. The number of anilines is 1. The van der Waals surface area contributed by atoms with Gasteiger partial charge in [-0.3, -0.25) is 4.79 Å². The van der Waals surface area contributed by atoms with Crippen molar-refractivity contribution in [3.05, 3.63) is 84.4 Å². The molecule has 0 aliphatic heterocycles. The maximum Gasteiger partial charge on any atom is 0.277 e. The number of ether oxygens (including phenoxy) is 2. The van der Waals surface area contributed by atoms with Crippen LogP contribution >= 0.6 is 11.8 Å². The Balaban J connectivity index is 1.56. The first-order chi connectivity index (χ1) is 15.7. The van der Waals surface area contributed by atoms with Crippen LogP contribution < -0.4 is 14.8 Å². The Kier molecular flexibility index (Phi) is 6.72. The minimum absolute atomic E-state index is 0.210. The molecule has 1 aromatic heterocycles. The van der Waals surface area contributed by atoms with Gasteiger partial charge in [-0.15, -0.1) is 10.2 Å². The summed E-state index contributed by atoms with van der Waals surface area (Å²) < 4.78 is 16.2. The smallest absolute Gasteiger partial charge is 0.277 e.